The number of ether oxygens (including phenoxy) is 5. The molecule has 0 aliphatic carbocycles. The minimum absolute atomic E-state index is 0.620. The summed E-state index contributed by atoms with van der Waals surface area (Å²) in [4.78, 5) is 44.9. The van der Waals surface area contributed by atoms with E-state index in [1.165, 1.54) is 0 Å². The van der Waals surface area contributed by atoms with Crippen LogP contribution in [-0.4, -0.2) is 72.0 Å². The molecule has 1 N–H and O–H groups in total. The molecule has 0 aromatic carbocycles. The molecule has 1 saturated heterocycles. The molecule has 1 unspecified atom stereocenters. The quantitative estimate of drug-likeness (QED) is 0.197. The van der Waals surface area contributed by atoms with Crippen LogP contribution in [0.1, 0.15) is 20.8 Å². The predicted octanol–water partition coefficient (Wildman–Crippen LogP) is -1.25. The van der Waals surface area contributed by atoms with Gasteiger partial charge in [-0.05, 0) is 0 Å². The van der Waals surface area contributed by atoms with E-state index in [1.54, 1.807) is 0 Å². The van der Waals surface area contributed by atoms with Crippen molar-refractivity contribution in [3.05, 3.63) is 10.1 Å². The predicted molar refractivity (Wildman–Crippen MR) is 75.4 cm³/mol. The van der Waals surface area contributed by atoms with Crippen LogP contribution in [-0.2, 0) is 38.1 Å². The summed E-state index contributed by atoms with van der Waals surface area (Å²) in [7, 11) is 0.923. The van der Waals surface area contributed by atoms with Gasteiger partial charge in [0.25, 0.3) is 0 Å². The minimum Gasteiger partial charge on any atom is -0.456 e. The van der Waals surface area contributed by atoms with Gasteiger partial charge >= 0.3 is 29.4 Å². The van der Waals surface area contributed by atoms with Gasteiger partial charge in [-0.25, -0.2) is 0 Å². The Balaban J connectivity index is 3.60. The Labute approximate surface area is 142 Å². The maximum atomic E-state index is 11.6. The Bertz CT molecular complexity index is 564. The molecule has 0 saturated carbocycles. The number of carbonyl (C=O) groups excluding carboxylic acids is 3. The molecule has 0 amide bonds. The maximum Gasteiger partial charge on any atom is 0.417 e. The second-order valence-electron chi connectivity index (χ2n) is 5.15. The van der Waals surface area contributed by atoms with E-state index in [1.807, 2.05) is 0 Å². The Kier molecular flexibility index (Phi) is 6.40. The lowest BCUT2D eigenvalue weighted by Gasteiger charge is -2.48. The van der Waals surface area contributed by atoms with Gasteiger partial charge in [0, 0.05) is 27.9 Å². The molecule has 0 aromatic heterocycles. The van der Waals surface area contributed by atoms with Gasteiger partial charge in [0.15, 0.2) is 6.10 Å². The van der Waals surface area contributed by atoms with Crippen molar-refractivity contribution < 1.29 is 48.1 Å². The largest absolute Gasteiger partial charge is 0.456 e. The first-order valence-electron chi connectivity index (χ1n) is 7.04. The summed E-state index contributed by atoms with van der Waals surface area (Å²) in [6.45, 7) is 1.05. The Hall–Kier alpha value is -2.31. The van der Waals surface area contributed by atoms with Crippen LogP contribution >= 0.6 is 0 Å². The van der Waals surface area contributed by atoms with Gasteiger partial charge < -0.3 is 28.8 Å². The number of esters is 3. The molecule has 0 spiro atoms. The zero-order valence-electron chi connectivity index (χ0n) is 14.0. The molecule has 1 heterocycles. The number of hydrogen-bond acceptors (Lipinski definition) is 11. The molecule has 0 radical (unpaired) electrons. The molecule has 1 aliphatic rings. The minimum atomic E-state index is -2.82. The smallest absolute Gasteiger partial charge is 0.417 e. The number of aliphatic hydroxyl groups is 1. The van der Waals surface area contributed by atoms with Crippen LogP contribution in [0.4, 0.5) is 0 Å². The van der Waals surface area contributed by atoms with E-state index in [0.29, 0.717) is 0 Å². The normalized spacial score (nSPS) is 31.7. The lowest BCUT2D eigenvalue weighted by Crippen LogP contribution is -2.77. The molecule has 142 valence electrons. The zero-order valence-corrected chi connectivity index (χ0v) is 14.0. The number of carbonyl (C=O) groups is 3. The van der Waals surface area contributed by atoms with Gasteiger partial charge in [-0.1, -0.05) is 0 Å². The van der Waals surface area contributed by atoms with Gasteiger partial charge in [-0.2, -0.15) is 0 Å². The first-order valence-corrected chi connectivity index (χ1v) is 7.04. The molecular weight excluding hydrogens is 346 g/mol. The van der Waals surface area contributed by atoms with Crippen LogP contribution in [0.2, 0.25) is 0 Å². The Morgan fingerprint density at radius 1 is 1.20 bits per heavy atom. The van der Waals surface area contributed by atoms with E-state index in [-0.39, 0.29) is 0 Å². The van der Waals surface area contributed by atoms with Gasteiger partial charge in [-0.15, -0.1) is 0 Å². The fourth-order valence-corrected chi connectivity index (χ4v) is 2.58. The van der Waals surface area contributed by atoms with Crippen LogP contribution in [0.5, 0.6) is 0 Å². The van der Waals surface area contributed by atoms with Gasteiger partial charge in [-0.3, -0.25) is 24.5 Å². The van der Waals surface area contributed by atoms with E-state index in [2.05, 4.69) is 0 Å². The van der Waals surface area contributed by atoms with Crippen molar-refractivity contribution >= 4 is 17.9 Å². The summed E-state index contributed by atoms with van der Waals surface area (Å²) in [5.74, 6) is -5.49. The summed E-state index contributed by atoms with van der Waals surface area (Å²) in [6, 6.07) is 0. The van der Waals surface area contributed by atoms with Crippen molar-refractivity contribution in [2.75, 3.05) is 20.3 Å². The summed E-state index contributed by atoms with van der Waals surface area (Å²) in [5, 5.41) is 21.3. The third kappa shape index (κ3) is 3.70. The molecule has 25 heavy (non-hydrogen) atoms. The highest BCUT2D eigenvalue weighted by Crippen LogP contribution is 2.42. The Morgan fingerprint density at radius 2 is 1.76 bits per heavy atom. The lowest BCUT2D eigenvalue weighted by molar-refractivity contribution is -0.687. The van der Waals surface area contributed by atoms with Crippen molar-refractivity contribution in [3.8, 4) is 0 Å². The number of hydrogen-bond donors (Lipinski definition) is 1. The van der Waals surface area contributed by atoms with Crippen molar-refractivity contribution in [1.29, 1.82) is 0 Å². The summed E-state index contributed by atoms with van der Waals surface area (Å²) in [6.07, 6.45) is -3.16. The van der Waals surface area contributed by atoms with Gasteiger partial charge in [0.1, 0.15) is 6.61 Å². The summed E-state index contributed by atoms with van der Waals surface area (Å²) < 4.78 is 25.0. The summed E-state index contributed by atoms with van der Waals surface area (Å²) in [5.41, 5.74) is -2.82. The first kappa shape index (κ1) is 20.7. The third-order valence-corrected chi connectivity index (χ3v) is 3.46. The number of aliphatic hydroxyl groups excluding tert-OH is 1. The molecule has 1 aliphatic heterocycles. The van der Waals surface area contributed by atoms with Gasteiger partial charge in [0.2, 0.25) is 6.10 Å². The average Bonchev–Trinajstić information content (AvgIpc) is 2.49. The fraction of sp³-hybridized carbons (Fsp3) is 0.769. The topological polar surface area (TPSA) is 161 Å². The molecule has 0 bridgehead atoms. The van der Waals surface area contributed by atoms with E-state index < -0.39 is 59.8 Å². The van der Waals surface area contributed by atoms with E-state index in [4.69, 9.17) is 23.7 Å². The van der Waals surface area contributed by atoms with E-state index >= 15 is 0 Å². The standard InChI is InChI=1S/C13H19NO11/c1-7(16)23-10-5-22-12(6-15,14(19)20)13(21-4,25-9(3)18)11(10)24-8(2)17/h10-11,15H,5-6H2,1-4H3/t10?,11-,12-,13+/m1/s1. The zero-order chi connectivity index (χ0) is 19.4. The van der Waals surface area contributed by atoms with Crippen LogP contribution in [0, 0.1) is 10.1 Å². The molecule has 1 fully saturated rings. The van der Waals surface area contributed by atoms with Crippen LogP contribution < -0.4 is 0 Å². The van der Waals surface area contributed by atoms with Crippen LogP contribution in [0.3, 0.4) is 0 Å². The molecular formula is C13H19NO11. The highest BCUT2D eigenvalue weighted by molar-refractivity contribution is 5.68. The van der Waals surface area contributed by atoms with Crippen LogP contribution in [0.15, 0.2) is 0 Å². The second kappa shape index (κ2) is 7.72. The van der Waals surface area contributed by atoms with Crippen molar-refractivity contribution in [2.45, 2.75) is 44.5 Å². The van der Waals surface area contributed by atoms with Crippen molar-refractivity contribution in [3.63, 3.8) is 0 Å². The third-order valence-electron chi connectivity index (χ3n) is 3.46. The average molecular weight is 365 g/mol. The van der Waals surface area contributed by atoms with Crippen molar-refractivity contribution in [1.82, 2.24) is 0 Å². The highest BCUT2D eigenvalue weighted by atomic mass is 16.8. The molecule has 12 nitrogen and oxygen atoms in total. The highest BCUT2D eigenvalue weighted by Gasteiger charge is 2.77. The molecule has 0 aromatic rings. The molecule has 4 atom stereocenters. The second-order valence-corrected chi connectivity index (χ2v) is 5.15. The van der Waals surface area contributed by atoms with E-state index in [0.717, 1.165) is 27.9 Å². The van der Waals surface area contributed by atoms with E-state index in [9.17, 15) is 29.6 Å². The summed E-state index contributed by atoms with van der Waals surface area (Å²) >= 11 is 0. The van der Waals surface area contributed by atoms with Crippen LogP contribution in [0.25, 0.3) is 0 Å². The number of nitrogens with zero attached hydrogens (tertiary/aromatic N) is 1. The number of methoxy groups -OCH3 is 1. The maximum absolute atomic E-state index is 11.6. The van der Waals surface area contributed by atoms with Crippen molar-refractivity contribution in [2.24, 2.45) is 0 Å². The molecule has 12 heteroatoms. The first-order chi connectivity index (χ1) is 11.6. The number of rotatable bonds is 6. The molecule has 1 rings (SSSR count). The lowest BCUT2D eigenvalue weighted by atomic mass is 9.89. The number of nitro groups is 1. The fourth-order valence-electron chi connectivity index (χ4n) is 2.58. The SMILES string of the molecule is CO[C@]1(OC(C)=O)[C@H](OC(C)=O)C(OC(C)=O)CO[C@@]1(CO)[N+](=O)[O-]. The Morgan fingerprint density at radius 3 is 2.12 bits per heavy atom. The monoisotopic (exact) mass is 365 g/mol. The van der Waals surface area contributed by atoms with Gasteiger partial charge in [0.05, 0.1) is 11.5 Å².